The van der Waals surface area contributed by atoms with Gasteiger partial charge in [-0.1, -0.05) is 0 Å². The molecular formula is C8H13IN2O2. The van der Waals surface area contributed by atoms with Gasteiger partial charge < -0.3 is 10.2 Å². The van der Waals surface area contributed by atoms with E-state index in [0.29, 0.717) is 0 Å². The number of hydrogen-bond donors (Lipinski definition) is 2. The van der Waals surface area contributed by atoms with Crippen molar-refractivity contribution in [3.05, 3.63) is 15.5 Å². The molecule has 0 aliphatic carbocycles. The van der Waals surface area contributed by atoms with E-state index in [1.807, 2.05) is 6.92 Å². The Bertz CT molecular complexity index is 294. The lowest BCUT2D eigenvalue weighted by atomic mass is 10.1. The Balaban J connectivity index is 3.12. The Kier molecular flexibility index (Phi) is 3.31. The number of nitrogens with zero attached hydrogens (tertiary/aromatic N) is 2. The first-order chi connectivity index (χ1) is 6.05. The van der Waals surface area contributed by atoms with E-state index in [1.165, 1.54) is 0 Å². The zero-order valence-corrected chi connectivity index (χ0v) is 9.82. The van der Waals surface area contributed by atoms with Crippen molar-refractivity contribution in [3.63, 3.8) is 0 Å². The first-order valence-corrected chi connectivity index (χ1v) is 5.05. The quantitative estimate of drug-likeness (QED) is 0.798. The Labute approximate surface area is 90.7 Å². The van der Waals surface area contributed by atoms with Crippen molar-refractivity contribution in [2.24, 2.45) is 0 Å². The maximum absolute atomic E-state index is 9.15. The highest BCUT2D eigenvalue weighted by molar-refractivity contribution is 14.1. The van der Waals surface area contributed by atoms with Gasteiger partial charge in [0.2, 0.25) is 0 Å². The Morgan fingerprint density at radius 2 is 2.08 bits per heavy atom. The van der Waals surface area contributed by atoms with E-state index in [9.17, 15) is 0 Å². The normalized spacial score (nSPS) is 12.1. The molecule has 1 heterocycles. The van der Waals surface area contributed by atoms with Gasteiger partial charge in [-0.2, -0.15) is 5.10 Å². The van der Waals surface area contributed by atoms with E-state index in [-0.39, 0.29) is 13.2 Å². The first kappa shape index (κ1) is 10.9. The predicted octanol–water partition coefficient (Wildman–Crippen LogP) is 0.496. The van der Waals surface area contributed by atoms with Crippen molar-refractivity contribution in [1.82, 2.24) is 9.78 Å². The van der Waals surface area contributed by atoms with Crippen LogP contribution in [-0.4, -0.2) is 33.2 Å². The molecule has 74 valence electrons. The number of aliphatic hydroxyl groups is 2. The van der Waals surface area contributed by atoms with Crippen molar-refractivity contribution in [2.75, 3.05) is 13.2 Å². The standard InChI is InChI=1S/C8H13IN2O2/c1-6-3-10-11(7(6)9)8(2,4-12)5-13/h3,12-13H,4-5H2,1-2H3. The molecule has 0 fully saturated rings. The highest BCUT2D eigenvalue weighted by Gasteiger charge is 2.27. The van der Waals surface area contributed by atoms with E-state index in [4.69, 9.17) is 10.2 Å². The average molecular weight is 296 g/mol. The van der Waals surface area contributed by atoms with Crippen LogP contribution in [0.25, 0.3) is 0 Å². The maximum atomic E-state index is 9.15. The van der Waals surface area contributed by atoms with Crippen LogP contribution in [0, 0.1) is 10.6 Å². The van der Waals surface area contributed by atoms with Gasteiger partial charge in [0.05, 0.1) is 19.4 Å². The number of rotatable bonds is 3. The van der Waals surface area contributed by atoms with Crippen LogP contribution >= 0.6 is 22.6 Å². The molecule has 0 radical (unpaired) electrons. The lowest BCUT2D eigenvalue weighted by Gasteiger charge is -2.26. The second-order valence-corrected chi connectivity index (χ2v) is 4.37. The number of aromatic nitrogens is 2. The van der Waals surface area contributed by atoms with Gasteiger partial charge in [-0.05, 0) is 36.4 Å². The zero-order valence-electron chi connectivity index (χ0n) is 7.66. The molecule has 0 saturated heterocycles. The molecule has 0 saturated carbocycles. The monoisotopic (exact) mass is 296 g/mol. The largest absolute Gasteiger partial charge is 0.394 e. The molecule has 2 N–H and O–H groups in total. The molecule has 1 rings (SSSR count). The Hall–Kier alpha value is -0.140. The molecule has 13 heavy (non-hydrogen) atoms. The molecule has 4 nitrogen and oxygen atoms in total. The molecule has 1 aromatic heterocycles. The number of halogens is 1. The van der Waals surface area contributed by atoms with Crippen LogP contribution in [0.3, 0.4) is 0 Å². The SMILES string of the molecule is Cc1cnn(C(C)(CO)CO)c1I. The third-order valence-corrected chi connectivity index (χ3v) is 3.38. The van der Waals surface area contributed by atoms with Crippen LogP contribution < -0.4 is 0 Å². The van der Waals surface area contributed by atoms with Gasteiger partial charge in [0.15, 0.2) is 0 Å². The summed E-state index contributed by atoms with van der Waals surface area (Å²) in [6.07, 6.45) is 1.73. The van der Waals surface area contributed by atoms with Gasteiger partial charge in [0, 0.05) is 5.56 Å². The van der Waals surface area contributed by atoms with E-state index in [0.717, 1.165) is 9.26 Å². The van der Waals surface area contributed by atoms with Crippen LogP contribution in [0.2, 0.25) is 0 Å². The predicted molar refractivity (Wildman–Crippen MR) is 57.5 cm³/mol. The summed E-state index contributed by atoms with van der Waals surface area (Å²) in [4.78, 5) is 0. The molecule has 0 aliphatic rings. The van der Waals surface area contributed by atoms with Gasteiger partial charge in [-0.15, -0.1) is 0 Å². The smallest absolute Gasteiger partial charge is 0.107 e. The molecule has 5 heteroatoms. The van der Waals surface area contributed by atoms with Crippen LogP contribution in [0.4, 0.5) is 0 Å². The van der Waals surface area contributed by atoms with E-state index >= 15 is 0 Å². The number of aryl methyl sites for hydroxylation is 1. The Morgan fingerprint density at radius 1 is 1.54 bits per heavy atom. The molecule has 0 aliphatic heterocycles. The van der Waals surface area contributed by atoms with Gasteiger partial charge in [0.1, 0.15) is 9.24 Å². The van der Waals surface area contributed by atoms with Crippen molar-refractivity contribution in [3.8, 4) is 0 Å². The summed E-state index contributed by atoms with van der Waals surface area (Å²) in [6, 6.07) is 0. The van der Waals surface area contributed by atoms with E-state index in [1.54, 1.807) is 17.8 Å². The van der Waals surface area contributed by atoms with Gasteiger partial charge in [-0.25, -0.2) is 4.68 Å². The average Bonchev–Trinajstić information content (AvgIpc) is 2.47. The molecular weight excluding hydrogens is 283 g/mol. The fourth-order valence-corrected chi connectivity index (χ4v) is 1.82. The van der Waals surface area contributed by atoms with Crippen LogP contribution in [-0.2, 0) is 5.54 Å². The second kappa shape index (κ2) is 3.93. The maximum Gasteiger partial charge on any atom is 0.107 e. The van der Waals surface area contributed by atoms with Gasteiger partial charge in [0.25, 0.3) is 0 Å². The minimum atomic E-state index is -0.704. The number of aliphatic hydroxyl groups excluding tert-OH is 2. The second-order valence-electron chi connectivity index (χ2n) is 3.34. The van der Waals surface area contributed by atoms with Gasteiger partial charge in [-0.3, -0.25) is 0 Å². The van der Waals surface area contributed by atoms with Crippen LogP contribution in [0.5, 0.6) is 0 Å². The highest BCUT2D eigenvalue weighted by atomic mass is 127. The van der Waals surface area contributed by atoms with Crippen molar-refractivity contribution in [2.45, 2.75) is 19.4 Å². The molecule has 0 bridgehead atoms. The molecule has 0 amide bonds. The van der Waals surface area contributed by atoms with Gasteiger partial charge >= 0.3 is 0 Å². The highest BCUT2D eigenvalue weighted by Crippen LogP contribution is 2.20. The summed E-state index contributed by atoms with van der Waals surface area (Å²) in [5.41, 5.74) is 0.346. The van der Waals surface area contributed by atoms with Crippen molar-refractivity contribution >= 4 is 22.6 Å². The Morgan fingerprint density at radius 3 is 2.38 bits per heavy atom. The van der Waals surface area contributed by atoms with Crippen molar-refractivity contribution < 1.29 is 10.2 Å². The molecule has 1 aromatic rings. The van der Waals surface area contributed by atoms with E-state index in [2.05, 4.69) is 27.7 Å². The lowest BCUT2D eigenvalue weighted by molar-refractivity contribution is 0.0660. The van der Waals surface area contributed by atoms with Crippen LogP contribution in [0.1, 0.15) is 12.5 Å². The summed E-state index contributed by atoms with van der Waals surface area (Å²) < 4.78 is 2.60. The van der Waals surface area contributed by atoms with E-state index < -0.39 is 5.54 Å². The third kappa shape index (κ3) is 1.87. The molecule has 0 unspecified atom stereocenters. The zero-order chi connectivity index (χ0) is 10.1. The number of hydrogen-bond acceptors (Lipinski definition) is 3. The summed E-state index contributed by atoms with van der Waals surface area (Å²) in [5.74, 6) is 0. The minimum absolute atomic E-state index is 0.124. The third-order valence-electron chi connectivity index (χ3n) is 2.07. The minimum Gasteiger partial charge on any atom is -0.394 e. The lowest BCUT2D eigenvalue weighted by Crippen LogP contribution is -2.39. The molecule has 0 aromatic carbocycles. The topological polar surface area (TPSA) is 58.3 Å². The van der Waals surface area contributed by atoms with Crippen LogP contribution in [0.15, 0.2) is 6.20 Å². The summed E-state index contributed by atoms with van der Waals surface area (Å²) in [5, 5.41) is 22.4. The fourth-order valence-electron chi connectivity index (χ4n) is 0.976. The van der Waals surface area contributed by atoms with Crippen molar-refractivity contribution in [1.29, 1.82) is 0 Å². The summed E-state index contributed by atoms with van der Waals surface area (Å²) in [7, 11) is 0. The summed E-state index contributed by atoms with van der Waals surface area (Å²) in [6.45, 7) is 3.46. The first-order valence-electron chi connectivity index (χ1n) is 3.97. The molecule has 0 atom stereocenters. The summed E-state index contributed by atoms with van der Waals surface area (Å²) >= 11 is 2.15. The molecule has 0 spiro atoms. The fraction of sp³-hybridized carbons (Fsp3) is 0.625.